The standard InChI is InChI=1S/C19H24N2O/c1-4-21-17-7-5-6-14(17)11-16(19(21)22)18(20)15-9-8-12(2)13(3)10-15/h8-11,18H,4-7,20H2,1-3H3. The van der Waals surface area contributed by atoms with E-state index in [1.807, 2.05) is 17.6 Å². The second-order valence-corrected chi connectivity index (χ2v) is 6.30. The van der Waals surface area contributed by atoms with Gasteiger partial charge in [0.15, 0.2) is 0 Å². The number of aryl methyl sites for hydroxylation is 3. The highest BCUT2D eigenvalue weighted by molar-refractivity contribution is 5.39. The minimum Gasteiger partial charge on any atom is -0.320 e. The van der Waals surface area contributed by atoms with Crippen molar-refractivity contribution in [1.82, 2.24) is 4.57 Å². The van der Waals surface area contributed by atoms with Crippen LogP contribution in [0.25, 0.3) is 0 Å². The van der Waals surface area contributed by atoms with Gasteiger partial charge in [0, 0.05) is 17.8 Å². The number of hydrogen-bond acceptors (Lipinski definition) is 2. The molecule has 1 aromatic carbocycles. The molecule has 3 nitrogen and oxygen atoms in total. The Labute approximate surface area is 131 Å². The summed E-state index contributed by atoms with van der Waals surface area (Å²) in [5.74, 6) is 0. The summed E-state index contributed by atoms with van der Waals surface area (Å²) in [6.07, 6.45) is 3.21. The molecule has 22 heavy (non-hydrogen) atoms. The molecule has 2 N–H and O–H groups in total. The zero-order chi connectivity index (χ0) is 15.9. The molecule has 1 aliphatic rings. The van der Waals surface area contributed by atoms with Crippen LogP contribution in [0.3, 0.4) is 0 Å². The number of rotatable bonds is 3. The van der Waals surface area contributed by atoms with Crippen molar-refractivity contribution in [1.29, 1.82) is 0 Å². The maximum absolute atomic E-state index is 12.8. The number of nitrogens with two attached hydrogens (primary N) is 1. The van der Waals surface area contributed by atoms with Gasteiger partial charge in [0.1, 0.15) is 0 Å². The van der Waals surface area contributed by atoms with E-state index in [0.717, 1.165) is 30.4 Å². The van der Waals surface area contributed by atoms with Gasteiger partial charge in [-0.25, -0.2) is 0 Å². The van der Waals surface area contributed by atoms with Gasteiger partial charge in [-0.05, 0) is 68.4 Å². The average molecular weight is 296 g/mol. The molecule has 0 bridgehead atoms. The Kier molecular flexibility index (Phi) is 3.92. The number of nitrogens with zero attached hydrogens (tertiary/aromatic N) is 1. The Morgan fingerprint density at radius 1 is 1.18 bits per heavy atom. The lowest BCUT2D eigenvalue weighted by atomic mass is 9.96. The molecule has 0 saturated heterocycles. The molecular formula is C19H24N2O. The van der Waals surface area contributed by atoms with Crippen LogP contribution in [-0.2, 0) is 19.4 Å². The van der Waals surface area contributed by atoms with Gasteiger partial charge in [0.25, 0.3) is 5.56 Å². The van der Waals surface area contributed by atoms with Crippen LogP contribution in [0.1, 0.15) is 52.9 Å². The highest BCUT2D eigenvalue weighted by atomic mass is 16.1. The lowest BCUT2D eigenvalue weighted by molar-refractivity contribution is 0.663. The van der Waals surface area contributed by atoms with Gasteiger partial charge in [0.05, 0.1) is 6.04 Å². The van der Waals surface area contributed by atoms with Gasteiger partial charge in [-0.2, -0.15) is 0 Å². The van der Waals surface area contributed by atoms with E-state index in [1.54, 1.807) is 0 Å². The fraction of sp³-hybridized carbons (Fsp3) is 0.421. The molecule has 1 aliphatic carbocycles. The monoisotopic (exact) mass is 296 g/mol. The lowest BCUT2D eigenvalue weighted by Gasteiger charge is -2.18. The van der Waals surface area contributed by atoms with Crippen molar-refractivity contribution in [3.05, 3.63) is 68.1 Å². The predicted molar refractivity (Wildman–Crippen MR) is 90.3 cm³/mol. The molecule has 3 rings (SSSR count). The first kappa shape index (κ1) is 15.0. The van der Waals surface area contributed by atoms with Gasteiger partial charge >= 0.3 is 0 Å². The summed E-state index contributed by atoms with van der Waals surface area (Å²) in [6, 6.07) is 7.92. The van der Waals surface area contributed by atoms with E-state index in [9.17, 15) is 4.79 Å². The van der Waals surface area contributed by atoms with Crippen molar-refractivity contribution in [2.75, 3.05) is 0 Å². The summed E-state index contributed by atoms with van der Waals surface area (Å²) in [7, 11) is 0. The molecule has 0 fully saturated rings. The van der Waals surface area contributed by atoms with E-state index in [2.05, 4.69) is 32.0 Å². The van der Waals surface area contributed by atoms with Crippen molar-refractivity contribution >= 4 is 0 Å². The zero-order valence-corrected chi connectivity index (χ0v) is 13.6. The Morgan fingerprint density at radius 3 is 2.64 bits per heavy atom. The lowest BCUT2D eigenvalue weighted by Crippen LogP contribution is -2.30. The Balaban J connectivity index is 2.11. The van der Waals surface area contributed by atoms with Crippen LogP contribution in [0.4, 0.5) is 0 Å². The van der Waals surface area contributed by atoms with E-state index in [-0.39, 0.29) is 11.6 Å². The maximum atomic E-state index is 12.8. The molecule has 0 amide bonds. The molecule has 3 heteroatoms. The largest absolute Gasteiger partial charge is 0.320 e. The maximum Gasteiger partial charge on any atom is 0.255 e. The normalized spacial score (nSPS) is 14.9. The molecule has 1 aromatic heterocycles. The van der Waals surface area contributed by atoms with E-state index >= 15 is 0 Å². The van der Waals surface area contributed by atoms with Crippen LogP contribution in [0.2, 0.25) is 0 Å². The second-order valence-electron chi connectivity index (χ2n) is 6.30. The summed E-state index contributed by atoms with van der Waals surface area (Å²) in [4.78, 5) is 12.8. The Hall–Kier alpha value is -1.87. The van der Waals surface area contributed by atoms with Crippen LogP contribution in [-0.4, -0.2) is 4.57 Å². The molecule has 1 unspecified atom stereocenters. The van der Waals surface area contributed by atoms with E-state index in [0.29, 0.717) is 6.54 Å². The quantitative estimate of drug-likeness (QED) is 0.946. The zero-order valence-electron chi connectivity index (χ0n) is 13.6. The minimum atomic E-state index is -0.351. The van der Waals surface area contributed by atoms with Gasteiger partial charge < -0.3 is 10.3 Å². The average Bonchev–Trinajstić information content (AvgIpc) is 2.97. The van der Waals surface area contributed by atoms with Crippen LogP contribution in [0, 0.1) is 13.8 Å². The summed E-state index contributed by atoms with van der Waals surface area (Å²) >= 11 is 0. The third-order valence-corrected chi connectivity index (χ3v) is 4.92. The van der Waals surface area contributed by atoms with Crippen molar-refractivity contribution < 1.29 is 0 Å². The number of aromatic nitrogens is 1. The number of hydrogen-bond donors (Lipinski definition) is 1. The second kappa shape index (κ2) is 5.73. The highest BCUT2D eigenvalue weighted by Crippen LogP contribution is 2.26. The first-order valence-electron chi connectivity index (χ1n) is 8.11. The third kappa shape index (κ3) is 2.40. The topological polar surface area (TPSA) is 48.0 Å². The summed E-state index contributed by atoms with van der Waals surface area (Å²) in [5, 5.41) is 0. The van der Waals surface area contributed by atoms with Gasteiger partial charge in [0.2, 0.25) is 0 Å². The van der Waals surface area contributed by atoms with Crippen molar-refractivity contribution in [3.8, 4) is 0 Å². The smallest absolute Gasteiger partial charge is 0.255 e. The number of fused-ring (bicyclic) bond motifs is 1. The molecule has 0 saturated carbocycles. The minimum absolute atomic E-state index is 0.0777. The van der Waals surface area contributed by atoms with Gasteiger partial charge in [-0.15, -0.1) is 0 Å². The predicted octanol–water partition coefficient (Wildman–Crippen LogP) is 3.02. The van der Waals surface area contributed by atoms with Crippen molar-refractivity contribution in [3.63, 3.8) is 0 Å². The van der Waals surface area contributed by atoms with Crippen LogP contribution in [0.5, 0.6) is 0 Å². The third-order valence-electron chi connectivity index (χ3n) is 4.92. The van der Waals surface area contributed by atoms with E-state index < -0.39 is 0 Å². The van der Waals surface area contributed by atoms with Gasteiger partial charge in [-0.1, -0.05) is 18.2 Å². The van der Waals surface area contributed by atoms with E-state index in [4.69, 9.17) is 5.73 Å². The van der Waals surface area contributed by atoms with Gasteiger partial charge in [-0.3, -0.25) is 4.79 Å². The molecule has 0 radical (unpaired) electrons. The van der Waals surface area contributed by atoms with Crippen LogP contribution >= 0.6 is 0 Å². The molecule has 1 atom stereocenters. The molecule has 116 valence electrons. The molecule has 0 spiro atoms. The fourth-order valence-corrected chi connectivity index (χ4v) is 3.44. The highest BCUT2D eigenvalue weighted by Gasteiger charge is 2.22. The number of pyridine rings is 1. The molecule has 1 heterocycles. The fourth-order valence-electron chi connectivity index (χ4n) is 3.44. The van der Waals surface area contributed by atoms with Crippen LogP contribution in [0.15, 0.2) is 29.1 Å². The van der Waals surface area contributed by atoms with E-state index in [1.165, 1.54) is 22.4 Å². The number of benzene rings is 1. The molecule has 0 aliphatic heterocycles. The summed E-state index contributed by atoms with van der Waals surface area (Å²) < 4.78 is 1.92. The first-order chi connectivity index (χ1) is 10.5. The first-order valence-corrected chi connectivity index (χ1v) is 8.11. The summed E-state index contributed by atoms with van der Waals surface area (Å²) in [5.41, 5.74) is 13.2. The van der Waals surface area contributed by atoms with Crippen molar-refractivity contribution in [2.45, 2.75) is 52.6 Å². The Morgan fingerprint density at radius 2 is 1.95 bits per heavy atom. The molecular weight excluding hydrogens is 272 g/mol. The summed E-state index contributed by atoms with van der Waals surface area (Å²) in [6.45, 7) is 6.92. The SMILES string of the molecule is CCn1c2c(cc(C(N)c3ccc(C)c(C)c3)c1=O)CCC2. The molecule has 2 aromatic rings. The van der Waals surface area contributed by atoms with Crippen LogP contribution < -0.4 is 11.3 Å². The van der Waals surface area contributed by atoms with Crippen molar-refractivity contribution in [2.24, 2.45) is 5.73 Å². The Bertz CT molecular complexity index is 774.